The predicted octanol–water partition coefficient (Wildman–Crippen LogP) is 3.19. The first-order chi connectivity index (χ1) is 9.11. The third-order valence-corrected chi connectivity index (χ3v) is 4.18. The Morgan fingerprint density at radius 2 is 2.37 bits per heavy atom. The van der Waals surface area contributed by atoms with Crippen molar-refractivity contribution in [1.82, 2.24) is 9.88 Å². The minimum absolute atomic E-state index is 0.0819. The summed E-state index contributed by atoms with van der Waals surface area (Å²) in [6.45, 7) is 0.562. The molecular formula is C13H13BrN2O2S. The van der Waals surface area contributed by atoms with Gasteiger partial charge >= 0.3 is 0 Å². The number of nitrogens with zero attached hydrogens (tertiary/aromatic N) is 2. The highest BCUT2D eigenvalue weighted by Gasteiger charge is 2.16. The molecule has 0 atom stereocenters. The van der Waals surface area contributed by atoms with E-state index in [1.54, 1.807) is 41.7 Å². The molecule has 100 valence electrons. The molecule has 0 N–H and O–H groups in total. The van der Waals surface area contributed by atoms with Gasteiger partial charge in [-0.05, 0) is 39.0 Å². The third-order valence-electron chi connectivity index (χ3n) is 2.62. The first kappa shape index (κ1) is 14.0. The summed E-state index contributed by atoms with van der Waals surface area (Å²) in [4.78, 5) is 17.9. The first-order valence-corrected chi connectivity index (χ1v) is 7.25. The van der Waals surface area contributed by atoms with E-state index < -0.39 is 0 Å². The highest BCUT2D eigenvalue weighted by Crippen LogP contribution is 2.23. The zero-order valence-electron chi connectivity index (χ0n) is 10.6. The Balaban J connectivity index is 2.14. The van der Waals surface area contributed by atoms with Crippen LogP contribution in [0.4, 0.5) is 0 Å². The van der Waals surface area contributed by atoms with Gasteiger partial charge in [-0.25, -0.2) is 0 Å². The maximum absolute atomic E-state index is 12.3. The summed E-state index contributed by atoms with van der Waals surface area (Å²) in [5.74, 6) is 0.410. The molecule has 1 amide bonds. The second-order valence-electron chi connectivity index (χ2n) is 4.00. The number of carbonyl (C=O) groups excluding carboxylic acids is 1. The lowest BCUT2D eigenvalue weighted by Crippen LogP contribution is -2.26. The Kier molecular flexibility index (Phi) is 4.55. The van der Waals surface area contributed by atoms with Crippen molar-refractivity contribution in [3.05, 3.63) is 44.8 Å². The highest BCUT2D eigenvalue weighted by molar-refractivity contribution is 9.11. The molecule has 0 radical (unpaired) electrons. The van der Waals surface area contributed by atoms with Crippen LogP contribution in [0.25, 0.3) is 0 Å². The van der Waals surface area contributed by atoms with E-state index in [9.17, 15) is 4.79 Å². The summed E-state index contributed by atoms with van der Waals surface area (Å²) in [7, 11) is 3.30. The maximum atomic E-state index is 12.3. The SMILES string of the molecule is COc1cnccc1C(=O)N(C)Cc1csc(Br)c1. The van der Waals surface area contributed by atoms with E-state index in [0.717, 1.165) is 9.35 Å². The van der Waals surface area contributed by atoms with E-state index in [1.807, 2.05) is 11.4 Å². The summed E-state index contributed by atoms with van der Waals surface area (Å²) < 4.78 is 6.22. The molecule has 0 aliphatic rings. The van der Waals surface area contributed by atoms with Gasteiger partial charge in [0.25, 0.3) is 5.91 Å². The number of rotatable bonds is 4. The van der Waals surface area contributed by atoms with E-state index in [1.165, 1.54) is 7.11 Å². The van der Waals surface area contributed by atoms with Gasteiger partial charge < -0.3 is 9.64 Å². The van der Waals surface area contributed by atoms with Gasteiger partial charge in [0.05, 0.1) is 22.7 Å². The normalized spacial score (nSPS) is 10.3. The van der Waals surface area contributed by atoms with Gasteiger partial charge in [-0.2, -0.15) is 0 Å². The van der Waals surface area contributed by atoms with Crippen molar-refractivity contribution in [3.8, 4) is 5.75 Å². The molecule has 2 aromatic rings. The van der Waals surface area contributed by atoms with Crippen LogP contribution in [0, 0.1) is 0 Å². The molecule has 0 saturated heterocycles. The van der Waals surface area contributed by atoms with Gasteiger partial charge in [-0.3, -0.25) is 9.78 Å². The highest BCUT2D eigenvalue weighted by atomic mass is 79.9. The molecule has 0 aliphatic carbocycles. The number of amides is 1. The van der Waals surface area contributed by atoms with Crippen LogP contribution in [-0.2, 0) is 6.54 Å². The maximum Gasteiger partial charge on any atom is 0.257 e. The smallest absolute Gasteiger partial charge is 0.257 e. The molecule has 0 spiro atoms. The van der Waals surface area contributed by atoms with Crippen molar-refractivity contribution in [2.75, 3.05) is 14.2 Å². The van der Waals surface area contributed by atoms with Crippen molar-refractivity contribution < 1.29 is 9.53 Å². The summed E-state index contributed by atoms with van der Waals surface area (Å²) in [6, 6.07) is 3.68. The fourth-order valence-corrected chi connectivity index (χ4v) is 2.90. The average Bonchev–Trinajstić information content (AvgIpc) is 2.83. The van der Waals surface area contributed by atoms with Crippen molar-refractivity contribution >= 4 is 33.2 Å². The minimum Gasteiger partial charge on any atom is -0.494 e. The van der Waals surface area contributed by atoms with Crippen LogP contribution in [0.15, 0.2) is 33.7 Å². The Labute approximate surface area is 124 Å². The summed E-state index contributed by atoms with van der Waals surface area (Å²) >= 11 is 5.02. The lowest BCUT2D eigenvalue weighted by Gasteiger charge is -2.17. The molecule has 0 aliphatic heterocycles. The number of thiophene rings is 1. The zero-order valence-corrected chi connectivity index (χ0v) is 13.0. The van der Waals surface area contributed by atoms with Gasteiger partial charge in [-0.15, -0.1) is 11.3 Å². The number of hydrogen-bond donors (Lipinski definition) is 0. The molecule has 4 nitrogen and oxygen atoms in total. The Bertz CT molecular complexity index is 586. The molecule has 0 unspecified atom stereocenters. The van der Waals surface area contributed by atoms with Crippen LogP contribution in [-0.4, -0.2) is 29.9 Å². The second-order valence-corrected chi connectivity index (χ2v) is 6.29. The number of methoxy groups -OCH3 is 1. The number of carbonyl (C=O) groups is 1. The van der Waals surface area contributed by atoms with Crippen molar-refractivity contribution in [3.63, 3.8) is 0 Å². The summed E-state index contributed by atoms with van der Waals surface area (Å²) in [5, 5.41) is 2.03. The van der Waals surface area contributed by atoms with Crippen molar-refractivity contribution in [2.24, 2.45) is 0 Å². The molecular weight excluding hydrogens is 328 g/mol. The number of ether oxygens (including phenoxy) is 1. The molecule has 0 fully saturated rings. The molecule has 0 saturated carbocycles. The fourth-order valence-electron chi connectivity index (χ4n) is 1.70. The van der Waals surface area contributed by atoms with Gasteiger partial charge in [0, 0.05) is 19.8 Å². The summed E-state index contributed by atoms with van der Waals surface area (Å²) in [6.07, 6.45) is 3.13. The minimum atomic E-state index is -0.0819. The van der Waals surface area contributed by atoms with Crippen LogP contribution in [0.3, 0.4) is 0 Å². The molecule has 2 aromatic heterocycles. The number of hydrogen-bond acceptors (Lipinski definition) is 4. The van der Waals surface area contributed by atoms with Crippen molar-refractivity contribution in [1.29, 1.82) is 0 Å². The van der Waals surface area contributed by atoms with Crippen LogP contribution < -0.4 is 4.74 Å². The second kappa shape index (κ2) is 6.16. The van der Waals surface area contributed by atoms with Gasteiger partial charge in [0.15, 0.2) is 0 Å². The molecule has 0 bridgehead atoms. The summed E-state index contributed by atoms with van der Waals surface area (Å²) in [5.41, 5.74) is 1.62. The van der Waals surface area contributed by atoms with E-state index in [-0.39, 0.29) is 5.91 Å². The third kappa shape index (κ3) is 3.33. The molecule has 6 heteroatoms. The quantitative estimate of drug-likeness (QED) is 0.858. The predicted molar refractivity (Wildman–Crippen MR) is 78.6 cm³/mol. The lowest BCUT2D eigenvalue weighted by molar-refractivity contribution is 0.0781. The van der Waals surface area contributed by atoms with Gasteiger partial charge in [0.1, 0.15) is 5.75 Å². The van der Waals surface area contributed by atoms with Gasteiger partial charge in [-0.1, -0.05) is 0 Å². The number of halogens is 1. The molecule has 2 heterocycles. The first-order valence-electron chi connectivity index (χ1n) is 5.58. The van der Waals surface area contributed by atoms with E-state index in [0.29, 0.717) is 17.9 Å². The Morgan fingerprint density at radius 1 is 1.58 bits per heavy atom. The van der Waals surface area contributed by atoms with Crippen molar-refractivity contribution in [2.45, 2.75) is 6.54 Å². The molecule has 2 rings (SSSR count). The largest absolute Gasteiger partial charge is 0.494 e. The Hall–Kier alpha value is -1.40. The van der Waals surface area contributed by atoms with Crippen LogP contribution >= 0.6 is 27.3 Å². The number of pyridine rings is 1. The fraction of sp³-hybridized carbons (Fsp3) is 0.231. The zero-order chi connectivity index (χ0) is 13.8. The van der Waals surface area contributed by atoms with Gasteiger partial charge in [0.2, 0.25) is 0 Å². The monoisotopic (exact) mass is 340 g/mol. The lowest BCUT2D eigenvalue weighted by atomic mass is 10.2. The number of aromatic nitrogens is 1. The van der Waals surface area contributed by atoms with E-state index in [4.69, 9.17) is 4.74 Å². The topological polar surface area (TPSA) is 42.4 Å². The van der Waals surface area contributed by atoms with E-state index >= 15 is 0 Å². The van der Waals surface area contributed by atoms with E-state index in [2.05, 4.69) is 20.9 Å². The standard InChI is InChI=1S/C13H13BrN2O2S/c1-16(7-9-5-12(14)19-8-9)13(17)10-3-4-15-6-11(10)18-2/h3-6,8H,7H2,1-2H3. The molecule has 0 aromatic carbocycles. The van der Waals surface area contributed by atoms with Crippen LogP contribution in [0.1, 0.15) is 15.9 Å². The van der Waals surface area contributed by atoms with Crippen LogP contribution in [0.5, 0.6) is 5.75 Å². The van der Waals surface area contributed by atoms with Crippen LogP contribution in [0.2, 0.25) is 0 Å². The Morgan fingerprint density at radius 3 is 3.00 bits per heavy atom. The molecule has 19 heavy (non-hydrogen) atoms. The average molecular weight is 341 g/mol.